The van der Waals surface area contributed by atoms with Gasteiger partial charge in [-0.2, -0.15) is 0 Å². The zero-order valence-corrected chi connectivity index (χ0v) is 6.03. The first-order chi connectivity index (χ1) is 5.29. The highest BCUT2D eigenvalue weighted by molar-refractivity contribution is 6.21. The number of nitrogens with one attached hydrogen (secondary N) is 1. The van der Waals surface area contributed by atoms with Gasteiger partial charge in [-0.25, -0.2) is 0 Å². The van der Waals surface area contributed by atoms with Gasteiger partial charge in [0.15, 0.2) is 0 Å². The van der Waals surface area contributed by atoms with Crippen molar-refractivity contribution < 1.29 is 14.3 Å². The molecule has 0 aromatic heterocycles. The lowest BCUT2D eigenvalue weighted by atomic mass is 10.1. The largest absolute Gasteiger partial charge is 0.288 e. The lowest BCUT2D eigenvalue weighted by Crippen LogP contribution is -2.19. The molecular formula is C8H6FNO2. The number of fused-ring (bicyclic) bond motifs is 1. The van der Waals surface area contributed by atoms with Crippen molar-refractivity contribution in [1.82, 2.24) is 5.32 Å². The minimum atomic E-state index is -0.300. The smallest absolute Gasteiger partial charge is 0.258 e. The lowest BCUT2D eigenvalue weighted by Gasteiger charge is -1.88. The van der Waals surface area contributed by atoms with Crippen molar-refractivity contribution in [2.24, 2.45) is 0 Å². The third-order valence-electron chi connectivity index (χ3n) is 1.64. The zero-order valence-electron chi connectivity index (χ0n) is 6.03. The molecule has 1 N–H and O–H groups in total. The maximum absolute atomic E-state index is 10.9. The number of hydrogen-bond donors (Lipinski definition) is 1. The molecule has 0 aliphatic carbocycles. The van der Waals surface area contributed by atoms with Crippen molar-refractivity contribution in [3.05, 3.63) is 35.4 Å². The summed E-state index contributed by atoms with van der Waals surface area (Å²) in [6.07, 6.45) is 0. The van der Waals surface area contributed by atoms with E-state index in [4.69, 9.17) is 0 Å². The molecule has 1 aromatic carbocycles. The Hall–Kier alpha value is -1.71. The van der Waals surface area contributed by atoms with Gasteiger partial charge < -0.3 is 0 Å². The minimum absolute atomic E-state index is 0. The van der Waals surface area contributed by atoms with Crippen LogP contribution in [0.1, 0.15) is 20.7 Å². The van der Waals surface area contributed by atoms with Gasteiger partial charge in [0.05, 0.1) is 11.1 Å². The summed E-state index contributed by atoms with van der Waals surface area (Å²) in [4.78, 5) is 21.9. The van der Waals surface area contributed by atoms with Gasteiger partial charge in [-0.15, -0.1) is 0 Å². The summed E-state index contributed by atoms with van der Waals surface area (Å²) in [6, 6.07) is 6.74. The molecule has 0 radical (unpaired) electrons. The fourth-order valence-corrected chi connectivity index (χ4v) is 1.12. The van der Waals surface area contributed by atoms with E-state index in [0.29, 0.717) is 11.1 Å². The van der Waals surface area contributed by atoms with Gasteiger partial charge in [0, 0.05) is 0 Å². The highest BCUT2D eigenvalue weighted by atomic mass is 19.0. The van der Waals surface area contributed by atoms with Crippen LogP contribution in [0.25, 0.3) is 0 Å². The van der Waals surface area contributed by atoms with E-state index in [1.165, 1.54) is 0 Å². The second kappa shape index (κ2) is 2.73. The lowest BCUT2D eigenvalue weighted by molar-refractivity contribution is 0.0879. The second-order valence-corrected chi connectivity index (χ2v) is 2.33. The van der Waals surface area contributed by atoms with Gasteiger partial charge in [0.25, 0.3) is 11.8 Å². The van der Waals surface area contributed by atoms with Crippen LogP contribution in [0, 0.1) is 0 Å². The number of amides is 2. The predicted molar refractivity (Wildman–Crippen MR) is 40.7 cm³/mol. The monoisotopic (exact) mass is 167 g/mol. The number of halogens is 1. The van der Waals surface area contributed by atoms with E-state index < -0.39 is 0 Å². The average molecular weight is 167 g/mol. The Morgan fingerprint density at radius 1 is 0.917 bits per heavy atom. The number of carbonyl (C=O) groups is 2. The Morgan fingerprint density at radius 3 is 1.75 bits per heavy atom. The zero-order chi connectivity index (χ0) is 7.84. The van der Waals surface area contributed by atoms with Crippen molar-refractivity contribution >= 4 is 11.8 Å². The standard InChI is InChI=1S/C8H5NO2.FH/c10-7-5-3-1-2-4-6(5)8(11)9-7;/h1-4H,(H,9,10,11);1H. The molecule has 0 bridgehead atoms. The second-order valence-electron chi connectivity index (χ2n) is 2.33. The first-order valence-electron chi connectivity index (χ1n) is 3.24. The number of rotatable bonds is 0. The van der Waals surface area contributed by atoms with Crippen LogP contribution in [0.2, 0.25) is 0 Å². The highest BCUT2D eigenvalue weighted by Crippen LogP contribution is 2.13. The Kier molecular flexibility index (Phi) is 1.91. The summed E-state index contributed by atoms with van der Waals surface area (Å²) in [6.45, 7) is 0. The van der Waals surface area contributed by atoms with Crippen molar-refractivity contribution in [2.75, 3.05) is 0 Å². The normalized spacial score (nSPS) is 13.3. The topological polar surface area (TPSA) is 46.2 Å². The van der Waals surface area contributed by atoms with E-state index in [9.17, 15) is 9.59 Å². The van der Waals surface area contributed by atoms with E-state index in [2.05, 4.69) is 5.32 Å². The molecule has 0 fully saturated rings. The number of benzene rings is 1. The van der Waals surface area contributed by atoms with Gasteiger partial charge in [-0.3, -0.25) is 19.6 Å². The maximum Gasteiger partial charge on any atom is 0.258 e. The van der Waals surface area contributed by atoms with Crippen molar-refractivity contribution in [3.63, 3.8) is 0 Å². The van der Waals surface area contributed by atoms with Crippen LogP contribution in [-0.4, -0.2) is 11.8 Å². The van der Waals surface area contributed by atoms with Crippen LogP contribution in [0.3, 0.4) is 0 Å². The Morgan fingerprint density at radius 2 is 1.33 bits per heavy atom. The molecule has 2 rings (SSSR count). The number of hydrogen-bond acceptors (Lipinski definition) is 2. The molecule has 12 heavy (non-hydrogen) atoms. The predicted octanol–water partition coefficient (Wildman–Crippen LogP) is 0.723. The molecule has 3 nitrogen and oxygen atoms in total. The third kappa shape index (κ3) is 0.972. The highest BCUT2D eigenvalue weighted by Gasteiger charge is 2.25. The Labute approximate surface area is 67.8 Å². The summed E-state index contributed by atoms with van der Waals surface area (Å²) in [5, 5.41) is 2.20. The molecule has 0 saturated heterocycles. The van der Waals surface area contributed by atoms with Gasteiger partial charge in [0.2, 0.25) is 0 Å². The number of imide groups is 1. The molecule has 1 aromatic rings. The molecule has 0 saturated carbocycles. The van der Waals surface area contributed by atoms with Crippen LogP contribution < -0.4 is 5.32 Å². The van der Waals surface area contributed by atoms with E-state index in [1.807, 2.05) is 0 Å². The van der Waals surface area contributed by atoms with Crippen LogP contribution in [0.5, 0.6) is 0 Å². The fourth-order valence-electron chi connectivity index (χ4n) is 1.12. The fraction of sp³-hybridized carbons (Fsp3) is 0. The molecule has 1 aliphatic heterocycles. The van der Waals surface area contributed by atoms with Gasteiger partial charge >= 0.3 is 0 Å². The first kappa shape index (κ1) is 8.39. The van der Waals surface area contributed by atoms with Crippen LogP contribution in [0.15, 0.2) is 24.3 Å². The number of carbonyl (C=O) groups excluding carboxylic acids is 2. The minimum Gasteiger partial charge on any atom is -0.288 e. The van der Waals surface area contributed by atoms with Crippen molar-refractivity contribution in [1.29, 1.82) is 0 Å². The van der Waals surface area contributed by atoms with E-state index in [0.717, 1.165) is 0 Å². The third-order valence-corrected chi connectivity index (χ3v) is 1.64. The van der Waals surface area contributed by atoms with Crippen LogP contribution >= 0.6 is 0 Å². The molecule has 4 heteroatoms. The first-order valence-corrected chi connectivity index (χ1v) is 3.24. The van der Waals surface area contributed by atoms with Crippen LogP contribution in [0.4, 0.5) is 4.70 Å². The average Bonchev–Trinajstić information content (AvgIpc) is 2.30. The van der Waals surface area contributed by atoms with Crippen molar-refractivity contribution in [3.8, 4) is 0 Å². The van der Waals surface area contributed by atoms with Crippen LogP contribution in [-0.2, 0) is 0 Å². The van der Waals surface area contributed by atoms with E-state index >= 15 is 0 Å². The summed E-state index contributed by atoms with van der Waals surface area (Å²) in [5.41, 5.74) is 0.940. The quantitative estimate of drug-likeness (QED) is 0.579. The molecule has 62 valence electrons. The summed E-state index contributed by atoms with van der Waals surface area (Å²) in [5.74, 6) is -0.601. The van der Waals surface area contributed by atoms with E-state index in [-0.39, 0.29) is 16.5 Å². The Balaban J connectivity index is 0.000000720. The molecule has 1 aliphatic rings. The van der Waals surface area contributed by atoms with Gasteiger partial charge in [-0.05, 0) is 12.1 Å². The summed E-state index contributed by atoms with van der Waals surface area (Å²) >= 11 is 0. The maximum atomic E-state index is 10.9. The van der Waals surface area contributed by atoms with Gasteiger partial charge in [-0.1, -0.05) is 12.1 Å². The molecular weight excluding hydrogens is 161 g/mol. The van der Waals surface area contributed by atoms with Gasteiger partial charge in [0.1, 0.15) is 0 Å². The summed E-state index contributed by atoms with van der Waals surface area (Å²) < 4.78 is 0. The molecule has 0 unspecified atom stereocenters. The summed E-state index contributed by atoms with van der Waals surface area (Å²) in [7, 11) is 0. The SMILES string of the molecule is F.O=C1NC(=O)c2ccccc21. The molecule has 2 amide bonds. The Bertz CT molecular complexity index is 316. The van der Waals surface area contributed by atoms with E-state index in [1.54, 1.807) is 24.3 Å². The molecule has 0 atom stereocenters. The molecule has 1 heterocycles. The molecule has 0 spiro atoms. The van der Waals surface area contributed by atoms with Crippen molar-refractivity contribution in [2.45, 2.75) is 0 Å².